The fraction of sp³-hybridized carbons (Fsp3) is 0.310. The number of amides is 2. The topological polar surface area (TPSA) is 77.1 Å². The van der Waals surface area contributed by atoms with Crippen LogP contribution in [0.15, 0.2) is 72.8 Å². The van der Waals surface area contributed by atoms with Crippen molar-refractivity contribution in [3.05, 3.63) is 89.5 Å². The highest BCUT2D eigenvalue weighted by atomic mass is 16.5. The first kappa shape index (κ1) is 25.3. The molecule has 2 unspecified atom stereocenters. The van der Waals surface area contributed by atoms with Crippen LogP contribution in [0.25, 0.3) is 0 Å². The van der Waals surface area contributed by atoms with E-state index in [9.17, 15) is 9.59 Å². The van der Waals surface area contributed by atoms with E-state index in [1.165, 1.54) is 5.56 Å². The fourth-order valence-corrected chi connectivity index (χ4v) is 4.04. The van der Waals surface area contributed by atoms with Gasteiger partial charge in [0, 0.05) is 25.2 Å². The summed E-state index contributed by atoms with van der Waals surface area (Å²) in [4.78, 5) is 26.9. The Morgan fingerprint density at radius 1 is 0.861 bits per heavy atom. The predicted octanol–water partition coefficient (Wildman–Crippen LogP) is 4.73. The number of carbonyl (C=O) groups excluding carboxylic acids is 2. The van der Waals surface area contributed by atoms with E-state index in [2.05, 4.69) is 5.32 Å². The largest absolute Gasteiger partial charge is 0.484 e. The second kappa shape index (κ2) is 11.7. The van der Waals surface area contributed by atoms with E-state index in [0.29, 0.717) is 36.7 Å². The van der Waals surface area contributed by atoms with Crippen LogP contribution in [0.4, 0.5) is 0 Å². The highest BCUT2D eigenvalue weighted by Crippen LogP contribution is 2.24. The molecule has 0 aromatic heterocycles. The minimum atomic E-state index is -0.230. The number of hydrogen-bond acceptors (Lipinski definition) is 5. The molecule has 1 heterocycles. The lowest BCUT2D eigenvalue weighted by Crippen LogP contribution is -2.48. The van der Waals surface area contributed by atoms with Crippen LogP contribution in [-0.4, -0.2) is 48.6 Å². The van der Waals surface area contributed by atoms with Crippen molar-refractivity contribution in [1.29, 1.82) is 0 Å². The number of benzene rings is 3. The molecule has 2 atom stereocenters. The van der Waals surface area contributed by atoms with Crippen LogP contribution in [0.3, 0.4) is 0 Å². The second-order valence-electron chi connectivity index (χ2n) is 9.12. The standard InChI is InChI=1S/C29H32N2O5/c1-20-4-10-26(11-5-20)36-27-14-12-25(13-15-27)34-19-28(32)30-16-23-6-8-24(9-7-23)29(33)31-17-21(2)35-22(3)18-31/h4-15,21-22H,16-19H2,1-3H3,(H,30,32). The van der Waals surface area contributed by atoms with E-state index < -0.39 is 0 Å². The highest BCUT2D eigenvalue weighted by Gasteiger charge is 2.26. The summed E-state index contributed by atoms with van der Waals surface area (Å²) in [5, 5.41) is 2.84. The summed E-state index contributed by atoms with van der Waals surface area (Å²) in [5.41, 5.74) is 2.70. The van der Waals surface area contributed by atoms with E-state index >= 15 is 0 Å². The summed E-state index contributed by atoms with van der Waals surface area (Å²) >= 11 is 0. The van der Waals surface area contributed by atoms with Crippen LogP contribution >= 0.6 is 0 Å². The summed E-state index contributed by atoms with van der Waals surface area (Å²) in [7, 11) is 0. The van der Waals surface area contributed by atoms with Gasteiger partial charge >= 0.3 is 0 Å². The molecule has 1 N–H and O–H groups in total. The zero-order chi connectivity index (χ0) is 25.5. The first-order valence-electron chi connectivity index (χ1n) is 12.1. The van der Waals surface area contributed by atoms with Gasteiger partial charge in [-0.2, -0.15) is 0 Å². The molecule has 1 fully saturated rings. The molecule has 0 bridgehead atoms. The van der Waals surface area contributed by atoms with Gasteiger partial charge in [0.25, 0.3) is 11.8 Å². The Hall–Kier alpha value is -3.84. The predicted molar refractivity (Wildman–Crippen MR) is 137 cm³/mol. The number of carbonyl (C=O) groups is 2. The highest BCUT2D eigenvalue weighted by molar-refractivity contribution is 5.94. The van der Waals surface area contributed by atoms with Gasteiger partial charge in [0.2, 0.25) is 0 Å². The number of hydrogen-bond donors (Lipinski definition) is 1. The first-order chi connectivity index (χ1) is 17.4. The van der Waals surface area contributed by atoms with Gasteiger partial charge in [-0.05, 0) is 74.9 Å². The smallest absolute Gasteiger partial charge is 0.258 e. The Labute approximate surface area is 212 Å². The van der Waals surface area contributed by atoms with Gasteiger partial charge in [-0.3, -0.25) is 9.59 Å². The van der Waals surface area contributed by atoms with E-state index in [0.717, 1.165) is 11.3 Å². The van der Waals surface area contributed by atoms with Crippen molar-refractivity contribution >= 4 is 11.8 Å². The van der Waals surface area contributed by atoms with Crippen molar-refractivity contribution in [2.75, 3.05) is 19.7 Å². The fourth-order valence-electron chi connectivity index (χ4n) is 4.04. The van der Waals surface area contributed by atoms with Gasteiger partial charge < -0.3 is 24.4 Å². The van der Waals surface area contributed by atoms with Crippen molar-refractivity contribution in [3.8, 4) is 17.2 Å². The van der Waals surface area contributed by atoms with Gasteiger partial charge in [0.05, 0.1) is 12.2 Å². The third kappa shape index (κ3) is 7.09. The molecule has 0 spiro atoms. The van der Waals surface area contributed by atoms with E-state index in [-0.39, 0.29) is 30.6 Å². The van der Waals surface area contributed by atoms with Crippen molar-refractivity contribution in [1.82, 2.24) is 10.2 Å². The monoisotopic (exact) mass is 488 g/mol. The molecule has 4 rings (SSSR count). The average molecular weight is 489 g/mol. The van der Waals surface area contributed by atoms with Crippen molar-refractivity contribution in [2.45, 2.75) is 39.5 Å². The zero-order valence-corrected chi connectivity index (χ0v) is 20.9. The van der Waals surface area contributed by atoms with E-state index in [1.54, 1.807) is 36.4 Å². The molecule has 0 radical (unpaired) electrons. The number of nitrogens with one attached hydrogen (secondary N) is 1. The number of aryl methyl sites for hydroxylation is 1. The summed E-state index contributed by atoms with van der Waals surface area (Å²) < 4.78 is 17.1. The Balaban J connectivity index is 1.20. The molecule has 1 aliphatic heterocycles. The molecule has 7 nitrogen and oxygen atoms in total. The summed E-state index contributed by atoms with van der Waals surface area (Å²) in [5.74, 6) is 1.80. The molecule has 0 aliphatic carbocycles. The van der Waals surface area contributed by atoms with Crippen LogP contribution in [0.5, 0.6) is 17.2 Å². The van der Waals surface area contributed by atoms with Gasteiger partial charge in [-0.15, -0.1) is 0 Å². The van der Waals surface area contributed by atoms with Crippen LogP contribution in [0.2, 0.25) is 0 Å². The van der Waals surface area contributed by atoms with Gasteiger partial charge in [-0.1, -0.05) is 29.8 Å². The maximum Gasteiger partial charge on any atom is 0.258 e. The van der Waals surface area contributed by atoms with E-state index in [4.69, 9.17) is 14.2 Å². The second-order valence-corrected chi connectivity index (χ2v) is 9.12. The molecule has 1 aliphatic rings. The number of rotatable bonds is 8. The Morgan fingerprint density at radius 3 is 2.03 bits per heavy atom. The van der Waals surface area contributed by atoms with Crippen molar-refractivity contribution in [3.63, 3.8) is 0 Å². The maximum absolute atomic E-state index is 12.8. The summed E-state index contributed by atoms with van der Waals surface area (Å²) in [6.07, 6.45) is 0.0543. The molecule has 0 saturated carbocycles. The molecule has 1 saturated heterocycles. The lowest BCUT2D eigenvalue weighted by Gasteiger charge is -2.35. The molecule has 2 amide bonds. The van der Waals surface area contributed by atoms with Gasteiger partial charge in [-0.25, -0.2) is 0 Å². The SMILES string of the molecule is Cc1ccc(Oc2ccc(OCC(=O)NCc3ccc(C(=O)N4CC(C)OC(C)C4)cc3)cc2)cc1. The number of ether oxygens (including phenoxy) is 3. The Morgan fingerprint density at radius 2 is 1.42 bits per heavy atom. The third-order valence-electron chi connectivity index (χ3n) is 5.85. The minimum absolute atomic E-state index is 0.00345. The molecule has 7 heteroatoms. The minimum Gasteiger partial charge on any atom is -0.484 e. The number of morpholine rings is 1. The number of nitrogens with zero attached hydrogens (tertiary/aromatic N) is 1. The molecular weight excluding hydrogens is 456 g/mol. The quantitative estimate of drug-likeness (QED) is 0.496. The van der Waals surface area contributed by atoms with Gasteiger partial charge in [0.15, 0.2) is 6.61 Å². The molecular formula is C29H32N2O5. The Kier molecular flexibility index (Phi) is 8.23. The normalized spacial score (nSPS) is 17.4. The lowest BCUT2D eigenvalue weighted by molar-refractivity contribution is -0.123. The van der Waals surface area contributed by atoms with Crippen LogP contribution in [0, 0.1) is 6.92 Å². The van der Waals surface area contributed by atoms with E-state index in [1.807, 2.05) is 62.1 Å². The van der Waals surface area contributed by atoms with Crippen LogP contribution in [0.1, 0.15) is 35.3 Å². The lowest BCUT2D eigenvalue weighted by atomic mass is 10.1. The summed E-state index contributed by atoms with van der Waals surface area (Å²) in [6.45, 7) is 7.40. The molecule has 188 valence electrons. The summed E-state index contributed by atoms with van der Waals surface area (Å²) in [6, 6.07) is 22.3. The zero-order valence-electron chi connectivity index (χ0n) is 20.9. The average Bonchev–Trinajstić information content (AvgIpc) is 2.88. The third-order valence-corrected chi connectivity index (χ3v) is 5.85. The molecule has 3 aromatic carbocycles. The Bertz CT molecular complexity index is 1150. The van der Waals surface area contributed by atoms with Crippen molar-refractivity contribution < 1.29 is 23.8 Å². The van der Waals surface area contributed by atoms with Crippen LogP contribution < -0.4 is 14.8 Å². The molecule has 3 aromatic rings. The first-order valence-corrected chi connectivity index (χ1v) is 12.1. The van der Waals surface area contributed by atoms with Crippen molar-refractivity contribution in [2.24, 2.45) is 0 Å². The van der Waals surface area contributed by atoms with Crippen LogP contribution in [-0.2, 0) is 16.1 Å². The molecule has 36 heavy (non-hydrogen) atoms. The maximum atomic E-state index is 12.8. The van der Waals surface area contributed by atoms with Gasteiger partial charge in [0.1, 0.15) is 17.2 Å².